The summed E-state index contributed by atoms with van der Waals surface area (Å²) in [5, 5.41) is 13.5. The fourth-order valence-electron chi connectivity index (χ4n) is 2.30. The largest absolute Gasteiger partial charge is 0.387 e. The van der Waals surface area contributed by atoms with Gasteiger partial charge in [-0.15, -0.1) is 0 Å². The van der Waals surface area contributed by atoms with Gasteiger partial charge in [0.1, 0.15) is 0 Å². The van der Waals surface area contributed by atoms with Crippen LogP contribution in [0.3, 0.4) is 0 Å². The van der Waals surface area contributed by atoms with Crippen LogP contribution < -0.4 is 5.32 Å². The molecule has 1 aliphatic heterocycles. The van der Waals surface area contributed by atoms with Gasteiger partial charge in [-0.2, -0.15) is 0 Å². The molecule has 1 heterocycles. The van der Waals surface area contributed by atoms with Crippen molar-refractivity contribution in [2.45, 2.75) is 44.8 Å². The Hall–Kier alpha value is -0.900. The fourth-order valence-corrected chi connectivity index (χ4v) is 2.30. The second-order valence-corrected chi connectivity index (χ2v) is 6.36. The van der Waals surface area contributed by atoms with E-state index < -0.39 is 6.10 Å². The highest BCUT2D eigenvalue weighted by Gasteiger charge is 2.18. The number of nitrogens with one attached hydrogen (secondary N) is 1. The molecule has 1 fully saturated rings. The highest BCUT2D eigenvalue weighted by Crippen LogP contribution is 2.23. The SMILES string of the molecule is CC(C)(C)c1ccc(C(O)CNC2CCOC2)cc1. The third-order valence-electron chi connectivity index (χ3n) is 3.69. The molecular weight excluding hydrogens is 238 g/mol. The minimum absolute atomic E-state index is 0.156. The van der Waals surface area contributed by atoms with Crippen molar-refractivity contribution in [2.24, 2.45) is 0 Å². The van der Waals surface area contributed by atoms with Gasteiger partial charge >= 0.3 is 0 Å². The Bertz CT molecular complexity index is 388. The molecule has 1 aliphatic rings. The topological polar surface area (TPSA) is 41.5 Å². The van der Waals surface area contributed by atoms with E-state index in [2.05, 4.69) is 38.2 Å². The molecule has 2 atom stereocenters. The molecule has 106 valence electrons. The smallest absolute Gasteiger partial charge is 0.0914 e. The quantitative estimate of drug-likeness (QED) is 0.876. The van der Waals surface area contributed by atoms with Crippen LogP contribution in [-0.4, -0.2) is 30.9 Å². The van der Waals surface area contributed by atoms with Crippen molar-refractivity contribution in [2.75, 3.05) is 19.8 Å². The Morgan fingerprint density at radius 1 is 1.32 bits per heavy atom. The number of benzene rings is 1. The number of aliphatic hydroxyl groups excluding tert-OH is 1. The predicted molar refractivity (Wildman–Crippen MR) is 77.3 cm³/mol. The van der Waals surface area contributed by atoms with Crippen molar-refractivity contribution in [3.63, 3.8) is 0 Å². The van der Waals surface area contributed by atoms with E-state index in [9.17, 15) is 5.11 Å². The van der Waals surface area contributed by atoms with Crippen molar-refractivity contribution >= 4 is 0 Å². The van der Waals surface area contributed by atoms with Crippen LogP contribution in [0.1, 0.15) is 44.4 Å². The van der Waals surface area contributed by atoms with Gasteiger partial charge in [-0.25, -0.2) is 0 Å². The van der Waals surface area contributed by atoms with Crippen LogP contribution in [0.5, 0.6) is 0 Å². The van der Waals surface area contributed by atoms with Gasteiger partial charge in [-0.05, 0) is 23.0 Å². The maximum absolute atomic E-state index is 10.2. The Morgan fingerprint density at radius 3 is 2.53 bits per heavy atom. The molecule has 0 bridgehead atoms. The molecule has 2 N–H and O–H groups in total. The second-order valence-electron chi connectivity index (χ2n) is 6.36. The summed E-state index contributed by atoms with van der Waals surface area (Å²) in [4.78, 5) is 0. The molecule has 0 saturated carbocycles. The lowest BCUT2D eigenvalue weighted by Gasteiger charge is -2.20. The van der Waals surface area contributed by atoms with E-state index in [4.69, 9.17) is 4.74 Å². The van der Waals surface area contributed by atoms with Gasteiger partial charge in [0.15, 0.2) is 0 Å². The molecule has 2 unspecified atom stereocenters. The predicted octanol–water partition coefficient (Wildman–Crippen LogP) is 2.40. The Kier molecular flexibility index (Phi) is 4.61. The van der Waals surface area contributed by atoms with E-state index in [0.717, 1.165) is 25.2 Å². The number of hydrogen-bond donors (Lipinski definition) is 2. The molecule has 0 aromatic heterocycles. The molecule has 1 aromatic carbocycles. The van der Waals surface area contributed by atoms with Gasteiger partial charge < -0.3 is 15.2 Å². The lowest BCUT2D eigenvalue weighted by atomic mass is 9.86. The molecule has 19 heavy (non-hydrogen) atoms. The Balaban J connectivity index is 1.89. The molecule has 3 heteroatoms. The van der Waals surface area contributed by atoms with Crippen LogP contribution in [0.15, 0.2) is 24.3 Å². The van der Waals surface area contributed by atoms with Crippen molar-refractivity contribution in [1.82, 2.24) is 5.32 Å². The van der Waals surface area contributed by atoms with Crippen LogP contribution in [0.2, 0.25) is 0 Å². The van der Waals surface area contributed by atoms with Gasteiger partial charge in [-0.3, -0.25) is 0 Å². The third kappa shape index (κ3) is 4.03. The standard InChI is InChI=1S/C16H25NO2/c1-16(2,3)13-6-4-12(5-7-13)15(18)10-17-14-8-9-19-11-14/h4-7,14-15,17-18H,8-11H2,1-3H3. The monoisotopic (exact) mass is 263 g/mol. The first-order valence-corrected chi connectivity index (χ1v) is 7.06. The zero-order valence-electron chi connectivity index (χ0n) is 12.1. The van der Waals surface area contributed by atoms with Crippen molar-refractivity contribution in [3.8, 4) is 0 Å². The molecular formula is C16H25NO2. The summed E-state index contributed by atoms with van der Waals surface area (Å²) < 4.78 is 5.30. The van der Waals surface area contributed by atoms with Crippen LogP contribution in [0, 0.1) is 0 Å². The number of ether oxygens (including phenoxy) is 1. The Labute approximate surface area is 116 Å². The lowest BCUT2D eigenvalue weighted by molar-refractivity contribution is 0.161. The summed E-state index contributed by atoms with van der Waals surface area (Å²) in [6, 6.07) is 8.66. The summed E-state index contributed by atoms with van der Waals surface area (Å²) in [6.07, 6.45) is 0.588. The molecule has 0 aliphatic carbocycles. The van der Waals surface area contributed by atoms with Gasteiger partial charge in [0.05, 0.1) is 12.7 Å². The van der Waals surface area contributed by atoms with Crippen LogP contribution in [-0.2, 0) is 10.2 Å². The van der Waals surface area contributed by atoms with Crippen LogP contribution in [0.25, 0.3) is 0 Å². The first-order chi connectivity index (χ1) is 8.97. The van der Waals surface area contributed by atoms with Crippen molar-refractivity contribution in [3.05, 3.63) is 35.4 Å². The minimum atomic E-state index is -0.449. The summed E-state index contributed by atoms with van der Waals surface area (Å²) >= 11 is 0. The first-order valence-electron chi connectivity index (χ1n) is 7.06. The summed E-state index contributed by atoms with van der Waals surface area (Å²) in [5.74, 6) is 0. The van der Waals surface area contributed by atoms with E-state index in [0.29, 0.717) is 12.6 Å². The summed E-state index contributed by atoms with van der Waals surface area (Å²) in [5.41, 5.74) is 2.42. The van der Waals surface area contributed by atoms with E-state index >= 15 is 0 Å². The van der Waals surface area contributed by atoms with Crippen LogP contribution in [0.4, 0.5) is 0 Å². The van der Waals surface area contributed by atoms with E-state index in [1.54, 1.807) is 0 Å². The molecule has 0 radical (unpaired) electrons. The fraction of sp³-hybridized carbons (Fsp3) is 0.625. The highest BCUT2D eigenvalue weighted by atomic mass is 16.5. The lowest BCUT2D eigenvalue weighted by Crippen LogP contribution is -2.32. The molecule has 3 nitrogen and oxygen atoms in total. The van der Waals surface area contributed by atoms with E-state index in [-0.39, 0.29) is 5.41 Å². The number of aliphatic hydroxyl groups is 1. The minimum Gasteiger partial charge on any atom is -0.387 e. The van der Waals surface area contributed by atoms with Gasteiger partial charge in [-0.1, -0.05) is 45.0 Å². The normalized spacial score (nSPS) is 21.6. The number of hydrogen-bond acceptors (Lipinski definition) is 3. The second kappa shape index (κ2) is 6.04. The van der Waals surface area contributed by atoms with Gasteiger partial charge in [0, 0.05) is 19.2 Å². The van der Waals surface area contributed by atoms with Crippen molar-refractivity contribution < 1.29 is 9.84 Å². The molecule has 0 spiro atoms. The zero-order valence-corrected chi connectivity index (χ0v) is 12.1. The zero-order chi connectivity index (χ0) is 13.9. The average Bonchev–Trinajstić information content (AvgIpc) is 2.88. The first kappa shape index (κ1) is 14.5. The van der Waals surface area contributed by atoms with E-state index in [1.165, 1.54) is 5.56 Å². The summed E-state index contributed by atoms with van der Waals surface area (Å²) in [6.45, 7) is 8.76. The molecule has 0 amide bonds. The van der Waals surface area contributed by atoms with Gasteiger partial charge in [0.2, 0.25) is 0 Å². The average molecular weight is 263 g/mol. The third-order valence-corrected chi connectivity index (χ3v) is 3.69. The van der Waals surface area contributed by atoms with Gasteiger partial charge in [0.25, 0.3) is 0 Å². The van der Waals surface area contributed by atoms with Crippen LogP contribution >= 0.6 is 0 Å². The Morgan fingerprint density at radius 2 is 2.00 bits per heavy atom. The number of rotatable bonds is 4. The highest BCUT2D eigenvalue weighted by molar-refractivity contribution is 5.28. The van der Waals surface area contributed by atoms with Crippen molar-refractivity contribution in [1.29, 1.82) is 0 Å². The maximum Gasteiger partial charge on any atom is 0.0914 e. The van der Waals surface area contributed by atoms with E-state index in [1.807, 2.05) is 12.1 Å². The molecule has 1 saturated heterocycles. The summed E-state index contributed by atoms with van der Waals surface area (Å²) in [7, 11) is 0. The maximum atomic E-state index is 10.2. The molecule has 2 rings (SSSR count). The molecule has 1 aromatic rings.